The molecule has 0 spiro atoms. The van der Waals surface area contributed by atoms with E-state index in [1.54, 1.807) is 0 Å². The third-order valence-electron chi connectivity index (χ3n) is 3.14. The molecule has 0 radical (unpaired) electrons. The Kier molecular flexibility index (Phi) is 3.59. The van der Waals surface area contributed by atoms with E-state index < -0.39 is 24.6 Å². The standard InChI is InChI=1S/C11H14N4O6/c1-19-10-6-9(12-3-13-10)14-4-15(6)21-11-8(18)7(17)5(16)2-20-11/h3-5,7-8,11,16-18H,2H2,1H3/t5-,7-,8+,11?/m1/s1. The van der Waals surface area contributed by atoms with Gasteiger partial charge in [0.2, 0.25) is 5.88 Å². The molecule has 1 saturated heterocycles. The fourth-order valence-electron chi connectivity index (χ4n) is 2.02. The summed E-state index contributed by atoms with van der Waals surface area (Å²) in [5.74, 6) is 0.239. The molecule has 21 heavy (non-hydrogen) atoms. The molecule has 0 bridgehead atoms. The minimum atomic E-state index is -1.41. The van der Waals surface area contributed by atoms with Gasteiger partial charge in [-0.1, -0.05) is 0 Å². The van der Waals surface area contributed by atoms with Gasteiger partial charge in [-0.25, -0.2) is 9.97 Å². The molecule has 0 amide bonds. The largest absolute Gasteiger partial charge is 0.479 e. The fourth-order valence-corrected chi connectivity index (χ4v) is 2.02. The summed E-state index contributed by atoms with van der Waals surface area (Å²) in [5, 5.41) is 28.9. The minimum Gasteiger partial charge on any atom is -0.479 e. The molecule has 1 fully saturated rings. The first kappa shape index (κ1) is 13.9. The van der Waals surface area contributed by atoms with Gasteiger partial charge in [-0.05, 0) is 0 Å². The number of hydrogen-bond acceptors (Lipinski definition) is 9. The predicted octanol–water partition coefficient (Wildman–Crippen LogP) is -2.30. The van der Waals surface area contributed by atoms with E-state index in [1.165, 1.54) is 24.5 Å². The number of rotatable bonds is 3. The zero-order valence-electron chi connectivity index (χ0n) is 11.0. The van der Waals surface area contributed by atoms with Crippen molar-refractivity contribution < 1.29 is 29.6 Å². The number of ether oxygens (including phenoxy) is 2. The van der Waals surface area contributed by atoms with E-state index >= 15 is 0 Å². The monoisotopic (exact) mass is 298 g/mol. The average Bonchev–Trinajstić information content (AvgIpc) is 2.91. The summed E-state index contributed by atoms with van der Waals surface area (Å²) in [6.45, 7) is -0.164. The van der Waals surface area contributed by atoms with E-state index in [0.717, 1.165) is 0 Å². The molecule has 3 rings (SSSR count). The number of imidazole rings is 1. The number of aliphatic hydroxyl groups is 3. The topological polar surface area (TPSA) is 132 Å². The van der Waals surface area contributed by atoms with Gasteiger partial charge in [-0.2, -0.15) is 9.71 Å². The van der Waals surface area contributed by atoms with E-state index in [2.05, 4.69) is 15.0 Å². The Morgan fingerprint density at radius 1 is 1.24 bits per heavy atom. The van der Waals surface area contributed by atoms with E-state index in [9.17, 15) is 15.3 Å². The lowest BCUT2D eigenvalue weighted by Crippen LogP contribution is -2.56. The van der Waals surface area contributed by atoms with Crippen LogP contribution >= 0.6 is 0 Å². The summed E-state index contributed by atoms with van der Waals surface area (Å²) in [6, 6.07) is 0. The van der Waals surface area contributed by atoms with E-state index in [4.69, 9.17) is 14.3 Å². The van der Waals surface area contributed by atoms with Crippen LogP contribution in [0.15, 0.2) is 12.7 Å². The lowest BCUT2D eigenvalue weighted by atomic mass is 10.1. The Bertz CT molecular complexity index is 634. The highest BCUT2D eigenvalue weighted by molar-refractivity contribution is 5.75. The number of aromatic nitrogens is 4. The predicted molar refractivity (Wildman–Crippen MR) is 66.2 cm³/mol. The van der Waals surface area contributed by atoms with Crippen LogP contribution in [0.4, 0.5) is 0 Å². The van der Waals surface area contributed by atoms with Gasteiger partial charge in [-0.15, -0.1) is 0 Å². The van der Waals surface area contributed by atoms with Crippen molar-refractivity contribution in [1.82, 2.24) is 19.7 Å². The lowest BCUT2D eigenvalue weighted by molar-refractivity contribution is -0.268. The normalized spacial score (nSPS) is 29.5. The van der Waals surface area contributed by atoms with Crippen LogP contribution in [-0.4, -0.2) is 73.3 Å². The fraction of sp³-hybridized carbons (Fsp3) is 0.545. The van der Waals surface area contributed by atoms with Crippen LogP contribution in [0, 0.1) is 0 Å². The Hall–Kier alpha value is -2.01. The van der Waals surface area contributed by atoms with E-state index in [1.807, 2.05) is 0 Å². The summed E-state index contributed by atoms with van der Waals surface area (Å²) >= 11 is 0. The molecule has 0 aromatic carbocycles. The first-order chi connectivity index (χ1) is 10.1. The highest BCUT2D eigenvalue weighted by Gasteiger charge is 2.39. The maximum atomic E-state index is 9.85. The van der Waals surface area contributed by atoms with Crippen LogP contribution in [0.3, 0.4) is 0 Å². The van der Waals surface area contributed by atoms with Gasteiger partial charge in [0.25, 0.3) is 6.29 Å². The van der Waals surface area contributed by atoms with Crippen molar-refractivity contribution >= 4 is 11.2 Å². The summed E-state index contributed by atoms with van der Waals surface area (Å²) in [5.41, 5.74) is 0.698. The minimum absolute atomic E-state index is 0.164. The third-order valence-corrected chi connectivity index (χ3v) is 3.14. The zero-order chi connectivity index (χ0) is 15.0. The molecule has 2 aromatic heterocycles. The number of aliphatic hydroxyl groups excluding tert-OH is 3. The van der Waals surface area contributed by atoms with Gasteiger partial charge in [0.1, 0.15) is 31.0 Å². The number of hydrogen-bond donors (Lipinski definition) is 3. The molecule has 1 unspecified atom stereocenters. The number of methoxy groups -OCH3 is 1. The van der Waals surface area contributed by atoms with Crippen molar-refractivity contribution in [3.8, 4) is 5.88 Å². The molecule has 0 aliphatic carbocycles. The Balaban J connectivity index is 1.88. The molecule has 2 aromatic rings. The molecule has 4 atom stereocenters. The second kappa shape index (κ2) is 5.41. The second-order valence-corrected chi connectivity index (χ2v) is 4.48. The van der Waals surface area contributed by atoms with Crippen molar-refractivity contribution in [2.24, 2.45) is 0 Å². The van der Waals surface area contributed by atoms with Gasteiger partial charge in [0.15, 0.2) is 11.2 Å². The second-order valence-electron chi connectivity index (χ2n) is 4.48. The van der Waals surface area contributed by atoms with Crippen LogP contribution in [0.2, 0.25) is 0 Å². The van der Waals surface area contributed by atoms with E-state index in [-0.39, 0.29) is 12.5 Å². The summed E-state index contributed by atoms with van der Waals surface area (Å²) in [7, 11) is 1.44. The van der Waals surface area contributed by atoms with Crippen molar-refractivity contribution in [1.29, 1.82) is 0 Å². The van der Waals surface area contributed by atoms with Crippen LogP contribution in [0.1, 0.15) is 0 Å². The van der Waals surface area contributed by atoms with Gasteiger partial charge >= 0.3 is 0 Å². The maximum Gasteiger partial charge on any atom is 0.253 e. The van der Waals surface area contributed by atoms with Gasteiger partial charge < -0.3 is 29.6 Å². The Morgan fingerprint density at radius 3 is 2.81 bits per heavy atom. The lowest BCUT2D eigenvalue weighted by Gasteiger charge is -2.34. The molecule has 10 heteroatoms. The van der Waals surface area contributed by atoms with Gasteiger partial charge in [0, 0.05) is 0 Å². The van der Waals surface area contributed by atoms with E-state index in [0.29, 0.717) is 11.2 Å². The maximum absolute atomic E-state index is 9.85. The van der Waals surface area contributed by atoms with Crippen molar-refractivity contribution in [2.75, 3.05) is 13.7 Å². The molecule has 114 valence electrons. The Morgan fingerprint density at radius 2 is 2.05 bits per heavy atom. The van der Waals surface area contributed by atoms with Crippen LogP contribution in [0.5, 0.6) is 5.88 Å². The zero-order valence-corrected chi connectivity index (χ0v) is 11.0. The summed E-state index contributed by atoms with van der Waals surface area (Å²) < 4.78 is 11.4. The van der Waals surface area contributed by atoms with Crippen LogP contribution in [0.25, 0.3) is 11.2 Å². The molecular weight excluding hydrogens is 284 g/mol. The van der Waals surface area contributed by atoms with Crippen LogP contribution in [-0.2, 0) is 4.74 Å². The van der Waals surface area contributed by atoms with Crippen molar-refractivity contribution in [2.45, 2.75) is 24.6 Å². The third kappa shape index (κ3) is 2.38. The highest BCUT2D eigenvalue weighted by atomic mass is 16.8. The quantitative estimate of drug-likeness (QED) is 0.572. The number of fused-ring (bicyclic) bond motifs is 1. The highest BCUT2D eigenvalue weighted by Crippen LogP contribution is 2.21. The smallest absolute Gasteiger partial charge is 0.253 e. The molecule has 1 aliphatic rings. The first-order valence-electron chi connectivity index (χ1n) is 6.17. The first-order valence-corrected chi connectivity index (χ1v) is 6.17. The molecule has 3 heterocycles. The van der Waals surface area contributed by atoms with Crippen molar-refractivity contribution in [3.63, 3.8) is 0 Å². The molecule has 10 nitrogen and oxygen atoms in total. The summed E-state index contributed by atoms with van der Waals surface area (Å²) in [4.78, 5) is 17.3. The molecule has 3 N–H and O–H groups in total. The van der Waals surface area contributed by atoms with Gasteiger partial charge in [-0.3, -0.25) is 0 Å². The Labute approximate surface area is 118 Å². The van der Waals surface area contributed by atoms with Crippen LogP contribution < -0.4 is 9.57 Å². The number of nitrogens with zero attached hydrogens (tertiary/aromatic N) is 4. The average molecular weight is 298 g/mol. The SMILES string of the molecule is COc1ncnc2ncn(OC3OC[C@@H](O)[C@@H](O)[C@@H]3O)c12. The van der Waals surface area contributed by atoms with Crippen molar-refractivity contribution in [3.05, 3.63) is 12.7 Å². The molecule has 0 saturated carbocycles. The summed E-state index contributed by atoms with van der Waals surface area (Å²) in [6.07, 6.45) is -2.51. The van der Waals surface area contributed by atoms with Gasteiger partial charge in [0.05, 0.1) is 13.7 Å². The molecule has 1 aliphatic heterocycles. The molecular formula is C11H14N4O6.